The summed E-state index contributed by atoms with van der Waals surface area (Å²) in [6.45, 7) is 0. The largest absolute Gasteiger partial charge is 0.453 e. The third-order valence-electron chi connectivity index (χ3n) is 1.58. The van der Waals surface area contributed by atoms with Crippen LogP contribution in [0.1, 0.15) is 0 Å². The van der Waals surface area contributed by atoms with Crippen molar-refractivity contribution in [3.05, 3.63) is 24.3 Å². The summed E-state index contributed by atoms with van der Waals surface area (Å²) < 4.78 is 34.3. The predicted octanol–water partition coefficient (Wildman–Crippen LogP) is 1.11. The summed E-state index contributed by atoms with van der Waals surface area (Å²) in [6.07, 6.45) is -0.658. The van der Waals surface area contributed by atoms with Gasteiger partial charge in [0, 0.05) is 5.69 Å². The molecule has 7 heteroatoms. The maximum atomic E-state index is 10.8. The van der Waals surface area contributed by atoms with E-state index in [-0.39, 0.29) is 4.90 Å². The maximum Gasteiger partial charge on any atom is 0.411 e. The van der Waals surface area contributed by atoms with E-state index in [0.29, 0.717) is 5.69 Å². The Morgan fingerprint density at radius 1 is 1.33 bits per heavy atom. The lowest BCUT2D eigenvalue weighted by atomic mass is 10.3. The van der Waals surface area contributed by atoms with Crippen molar-refractivity contribution in [3.63, 3.8) is 0 Å². The van der Waals surface area contributed by atoms with Gasteiger partial charge in [0.15, 0.2) is 0 Å². The quantitative estimate of drug-likeness (QED) is 0.744. The van der Waals surface area contributed by atoms with Crippen LogP contribution in [0.3, 0.4) is 0 Å². The standard InChI is InChI=1S/C8H9NO5S/c1-14-8(10)9-6-2-4-7(5-3-6)15(11,12)13/h2-5H,1H3,(H,9,10)(H,11,12,13). The van der Waals surface area contributed by atoms with Gasteiger partial charge in [0.05, 0.1) is 12.0 Å². The molecule has 0 saturated heterocycles. The van der Waals surface area contributed by atoms with Gasteiger partial charge in [0.2, 0.25) is 0 Å². The number of ether oxygens (including phenoxy) is 1. The number of anilines is 1. The van der Waals surface area contributed by atoms with Gasteiger partial charge in [-0.2, -0.15) is 8.42 Å². The van der Waals surface area contributed by atoms with Gasteiger partial charge in [-0.05, 0) is 24.3 Å². The summed E-state index contributed by atoms with van der Waals surface area (Å²) in [7, 11) is -2.99. The fourth-order valence-electron chi connectivity index (χ4n) is 0.879. The molecule has 0 aliphatic rings. The van der Waals surface area contributed by atoms with E-state index in [2.05, 4.69) is 10.1 Å². The number of hydrogen-bond acceptors (Lipinski definition) is 4. The van der Waals surface area contributed by atoms with Gasteiger partial charge in [-0.3, -0.25) is 9.87 Å². The molecule has 1 aromatic carbocycles. The van der Waals surface area contributed by atoms with Gasteiger partial charge in [-0.1, -0.05) is 0 Å². The minimum absolute atomic E-state index is 0.238. The van der Waals surface area contributed by atoms with Gasteiger partial charge in [0.1, 0.15) is 0 Å². The second-order valence-corrected chi connectivity index (χ2v) is 4.04. The zero-order valence-electron chi connectivity index (χ0n) is 7.80. The summed E-state index contributed by atoms with van der Waals surface area (Å²) >= 11 is 0. The monoisotopic (exact) mass is 231 g/mol. The third-order valence-corrected chi connectivity index (χ3v) is 2.45. The van der Waals surface area contributed by atoms with E-state index in [1.807, 2.05) is 0 Å². The Labute approximate surface area is 86.6 Å². The first-order valence-corrected chi connectivity index (χ1v) is 5.30. The zero-order chi connectivity index (χ0) is 11.5. The van der Waals surface area contributed by atoms with Gasteiger partial charge in [-0.15, -0.1) is 0 Å². The zero-order valence-corrected chi connectivity index (χ0v) is 8.61. The molecule has 0 atom stereocenters. The lowest BCUT2D eigenvalue weighted by molar-refractivity contribution is 0.187. The van der Waals surface area contributed by atoms with Gasteiger partial charge in [-0.25, -0.2) is 4.79 Å². The van der Waals surface area contributed by atoms with Gasteiger partial charge in [0.25, 0.3) is 10.1 Å². The number of rotatable bonds is 2. The van der Waals surface area contributed by atoms with Gasteiger partial charge >= 0.3 is 6.09 Å². The van der Waals surface area contributed by atoms with E-state index in [0.717, 1.165) is 0 Å². The molecule has 0 heterocycles. The molecule has 0 saturated carbocycles. The smallest absolute Gasteiger partial charge is 0.411 e. The molecule has 0 aliphatic carbocycles. The molecule has 6 nitrogen and oxygen atoms in total. The van der Waals surface area contributed by atoms with Crippen molar-refractivity contribution in [3.8, 4) is 0 Å². The highest BCUT2D eigenvalue weighted by Crippen LogP contribution is 2.13. The van der Waals surface area contributed by atoms with E-state index in [1.165, 1.54) is 31.4 Å². The van der Waals surface area contributed by atoms with E-state index in [9.17, 15) is 13.2 Å². The average molecular weight is 231 g/mol. The molecule has 0 bridgehead atoms. The second kappa shape index (κ2) is 4.28. The first kappa shape index (κ1) is 11.5. The van der Waals surface area contributed by atoms with Crippen LogP contribution in [0, 0.1) is 0 Å². The minimum atomic E-state index is -4.20. The average Bonchev–Trinajstić information content (AvgIpc) is 2.17. The van der Waals surface area contributed by atoms with Crippen molar-refractivity contribution < 1.29 is 22.5 Å². The van der Waals surface area contributed by atoms with E-state index >= 15 is 0 Å². The van der Waals surface area contributed by atoms with Gasteiger partial charge < -0.3 is 4.74 Å². The van der Waals surface area contributed by atoms with Crippen LogP contribution in [-0.4, -0.2) is 26.2 Å². The van der Waals surface area contributed by atoms with Crippen LogP contribution in [-0.2, 0) is 14.9 Å². The summed E-state index contributed by atoms with van der Waals surface area (Å²) in [5.74, 6) is 0. The van der Waals surface area contributed by atoms with Crippen LogP contribution < -0.4 is 5.32 Å². The fraction of sp³-hybridized carbons (Fsp3) is 0.125. The predicted molar refractivity (Wildman–Crippen MR) is 52.3 cm³/mol. The van der Waals surface area contributed by atoms with Crippen LogP contribution in [0.4, 0.5) is 10.5 Å². The highest BCUT2D eigenvalue weighted by molar-refractivity contribution is 7.85. The topological polar surface area (TPSA) is 92.7 Å². The summed E-state index contributed by atoms with van der Waals surface area (Å²) in [5, 5.41) is 2.33. The van der Waals surface area contributed by atoms with Crippen molar-refractivity contribution in [1.82, 2.24) is 0 Å². The van der Waals surface area contributed by atoms with Crippen LogP contribution in [0.2, 0.25) is 0 Å². The highest BCUT2D eigenvalue weighted by atomic mass is 32.2. The van der Waals surface area contributed by atoms with Crippen molar-refractivity contribution >= 4 is 21.9 Å². The number of nitrogens with one attached hydrogen (secondary N) is 1. The molecule has 0 spiro atoms. The molecule has 15 heavy (non-hydrogen) atoms. The molecular formula is C8H9NO5S. The Kier molecular flexibility index (Phi) is 3.28. The lowest BCUT2D eigenvalue weighted by Crippen LogP contribution is -2.10. The molecule has 0 radical (unpaired) electrons. The van der Waals surface area contributed by atoms with E-state index in [4.69, 9.17) is 4.55 Å². The normalized spacial score (nSPS) is 10.8. The summed E-state index contributed by atoms with van der Waals surface area (Å²) in [5.41, 5.74) is 0.370. The Balaban J connectivity index is 2.86. The molecule has 2 N–H and O–H groups in total. The summed E-state index contributed by atoms with van der Waals surface area (Å²) in [6, 6.07) is 5.00. The van der Waals surface area contributed by atoms with Crippen LogP contribution in [0.5, 0.6) is 0 Å². The second-order valence-electron chi connectivity index (χ2n) is 2.62. The minimum Gasteiger partial charge on any atom is -0.453 e. The molecule has 0 aliphatic heterocycles. The lowest BCUT2D eigenvalue weighted by Gasteiger charge is -2.03. The Morgan fingerprint density at radius 2 is 1.87 bits per heavy atom. The first-order chi connectivity index (χ1) is 6.93. The molecule has 82 valence electrons. The molecular weight excluding hydrogens is 222 g/mol. The number of amides is 1. The van der Waals surface area contributed by atoms with E-state index < -0.39 is 16.2 Å². The Morgan fingerprint density at radius 3 is 2.27 bits per heavy atom. The molecule has 0 unspecified atom stereocenters. The van der Waals surface area contributed by atoms with E-state index in [1.54, 1.807) is 0 Å². The summed E-state index contributed by atoms with van der Waals surface area (Å²) in [4.78, 5) is 10.5. The van der Waals surface area contributed by atoms with Crippen molar-refractivity contribution in [1.29, 1.82) is 0 Å². The number of carbonyl (C=O) groups is 1. The maximum absolute atomic E-state index is 10.8. The molecule has 1 aromatic rings. The van der Waals surface area contributed by atoms with Crippen LogP contribution in [0.25, 0.3) is 0 Å². The van der Waals surface area contributed by atoms with Crippen LogP contribution >= 0.6 is 0 Å². The van der Waals surface area contributed by atoms with Crippen molar-refractivity contribution in [2.45, 2.75) is 4.90 Å². The van der Waals surface area contributed by atoms with Crippen LogP contribution in [0.15, 0.2) is 29.2 Å². The Hall–Kier alpha value is -1.60. The number of hydrogen-bond donors (Lipinski definition) is 2. The van der Waals surface area contributed by atoms with Crippen molar-refractivity contribution in [2.24, 2.45) is 0 Å². The SMILES string of the molecule is COC(=O)Nc1ccc(S(=O)(=O)O)cc1. The molecule has 1 amide bonds. The Bertz CT molecular complexity index is 450. The number of benzene rings is 1. The molecule has 0 fully saturated rings. The fourth-order valence-corrected chi connectivity index (χ4v) is 1.36. The highest BCUT2D eigenvalue weighted by Gasteiger charge is 2.08. The number of carbonyl (C=O) groups excluding carboxylic acids is 1. The number of methoxy groups -OCH3 is 1. The first-order valence-electron chi connectivity index (χ1n) is 3.86. The third kappa shape index (κ3) is 3.22. The molecule has 1 rings (SSSR count). The van der Waals surface area contributed by atoms with Crippen molar-refractivity contribution in [2.75, 3.05) is 12.4 Å². The molecule has 0 aromatic heterocycles.